The normalized spacial score (nSPS) is 15.8. The molecule has 3 aromatic rings. The largest absolute Gasteiger partial charge is 0.464 e. The van der Waals surface area contributed by atoms with Gasteiger partial charge in [0.2, 0.25) is 5.95 Å². The van der Waals surface area contributed by atoms with Crippen LogP contribution in [0.5, 0.6) is 0 Å². The fraction of sp³-hybridized carbons (Fsp3) is 0.278. The number of guanidine groups is 1. The molecular weight excluding hydrogens is 316 g/mol. The molecule has 128 valence electrons. The zero-order chi connectivity index (χ0) is 17.1. The highest BCUT2D eigenvalue weighted by atomic mass is 16.3. The summed E-state index contributed by atoms with van der Waals surface area (Å²) in [6, 6.07) is 9.78. The molecule has 0 aliphatic carbocycles. The summed E-state index contributed by atoms with van der Waals surface area (Å²) in [4.78, 5) is 17.4. The van der Waals surface area contributed by atoms with Crippen LogP contribution in [0.3, 0.4) is 0 Å². The van der Waals surface area contributed by atoms with Crippen molar-refractivity contribution in [1.29, 1.82) is 0 Å². The van der Waals surface area contributed by atoms with E-state index in [4.69, 9.17) is 10.2 Å². The molecule has 0 saturated carbocycles. The first-order chi connectivity index (χ1) is 12.3. The number of piperazine rings is 1. The average Bonchev–Trinajstić information content (AvgIpc) is 3.10. The van der Waals surface area contributed by atoms with Crippen LogP contribution >= 0.6 is 0 Å². The van der Waals surface area contributed by atoms with E-state index in [1.165, 1.54) is 0 Å². The molecule has 1 saturated heterocycles. The second-order valence-electron chi connectivity index (χ2n) is 5.95. The average molecular weight is 336 g/mol. The van der Waals surface area contributed by atoms with E-state index < -0.39 is 0 Å². The summed E-state index contributed by atoms with van der Waals surface area (Å²) < 4.78 is 5.55. The maximum atomic E-state index is 6.19. The van der Waals surface area contributed by atoms with Crippen molar-refractivity contribution in [3.63, 3.8) is 0 Å². The van der Waals surface area contributed by atoms with E-state index in [1.807, 2.05) is 30.3 Å². The van der Waals surface area contributed by atoms with Crippen molar-refractivity contribution < 1.29 is 4.42 Å². The molecule has 7 heteroatoms. The third-order valence-corrected chi connectivity index (χ3v) is 4.41. The van der Waals surface area contributed by atoms with Gasteiger partial charge in [-0.25, -0.2) is 15.0 Å². The molecule has 1 aromatic carbocycles. The summed E-state index contributed by atoms with van der Waals surface area (Å²) >= 11 is 0. The van der Waals surface area contributed by atoms with Crippen LogP contribution in [0.25, 0.3) is 11.0 Å². The molecule has 4 rings (SSSR count). The highest BCUT2D eigenvalue weighted by Gasteiger charge is 2.19. The minimum Gasteiger partial charge on any atom is -0.464 e. The number of hydrogen-bond acceptors (Lipinski definition) is 5. The Morgan fingerprint density at radius 2 is 1.84 bits per heavy atom. The quantitative estimate of drug-likeness (QED) is 0.580. The van der Waals surface area contributed by atoms with Crippen molar-refractivity contribution in [2.24, 2.45) is 10.7 Å². The van der Waals surface area contributed by atoms with Gasteiger partial charge in [-0.3, -0.25) is 0 Å². The molecule has 1 aliphatic heterocycles. The Balaban J connectivity index is 1.38. The number of para-hydroxylation sites is 1. The number of hydrogen-bond donors (Lipinski definition) is 1. The zero-order valence-electron chi connectivity index (χ0n) is 13.9. The number of aromatic nitrogens is 2. The number of nitrogens with two attached hydrogens (primary N) is 1. The Morgan fingerprint density at radius 3 is 2.64 bits per heavy atom. The van der Waals surface area contributed by atoms with Gasteiger partial charge in [0.1, 0.15) is 5.58 Å². The third kappa shape index (κ3) is 3.26. The minimum absolute atomic E-state index is 0.519. The fourth-order valence-electron chi connectivity index (χ4n) is 3.01. The first-order valence-electron chi connectivity index (χ1n) is 8.33. The lowest BCUT2D eigenvalue weighted by Gasteiger charge is -2.35. The molecule has 0 amide bonds. The van der Waals surface area contributed by atoms with Gasteiger partial charge in [-0.15, -0.1) is 0 Å². The highest BCUT2D eigenvalue weighted by molar-refractivity contribution is 5.82. The molecule has 7 nitrogen and oxygen atoms in total. The number of furan rings is 1. The molecule has 2 N–H and O–H groups in total. The molecule has 2 aromatic heterocycles. The lowest BCUT2D eigenvalue weighted by molar-refractivity contribution is 0.378. The monoisotopic (exact) mass is 336 g/mol. The van der Waals surface area contributed by atoms with E-state index in [2.05, 4.69) is 24.8 Å². The number of benzene rings is 1. The van der Waals surface area contributed by atoms with E-state index in [1.54, 1.807) is 18.7 Å². The molecule has 0 radical (unpaired) electrons. The molecule has 25 heavy (non-hydrogen) atoms. The van der Waals surface area contributed by atoms with Gasteiger partial charge in [0.25, 0.3) is 0 Å². The first-order valence-corrected chi connectivity index (χ1v) is 8.33. The SMILES string of the molecule is NC(=NCc1coc2ccccc12)N1CCN(c2ncccn2)CC1. The lowest BCUT2D eigenvalue weighted by Crippen LogP contribution is -2.51. The molecule has 0 spiro atoms. The number of aliphatic imine (C=N–C) groups is 1. The van der Waals surface area contributed by atoms with Gasteiger partial charge < -0.3 is 20.0 Å². The molecule has 0 bridgehead atoms. The van der Waals surface area contributed by atoms with Gasteiger partial charge in [0.15, 0.2) is 5.96 Å². The van der Waals surface area contributed by atoms with Crippen molar-refractivity contribution in [2.75, 3.05) is 31.1 Å². The smallest absolute Gasteiger partial charge is 0.225 e. The van der Waals surface area contributed by atoms with Gasteiger partial charge >= 0.3 is 0 Å². The topological polar surface area (TPSA) is 83.8 Å². The first kappa shape index (κ1) is 15.4. The van der Waals surface area contributed by atoms with Gasteiger partial charge in [-0.05, 0) is 12.1 Å². The van der Waals surface area contributed by atoms with E-state index in [9.17, 15) is 0 Å². The van der Waals surface area contributed by atoms with Crippen molar-refractivity contribution in [1.82, 2.24) is 14.9 Å². The van der Waals surface area contributed by atoms with Crippen molar-refractivity contribution in [3.05, 3.63) is 54.6 Å². The molecule has 3 heterocycles. The van der Waals surface area contributed by atoms with Crippen LogP contribution in [-0.2, 0) is 6.54 Å². The molecule has 0 unspecified atom stereocenters. The molecule has 1 aliphatic rings. The predicted octanol–water partition coefficient (Wildman–Crippen LogP) is 1.86. The Bertz CT molecular complexity index is 867. The Kier molecular flexibility index (Phi) is 4.20. The molecule has 1 fully saturated rings. The van der Waals surface area contributed by atoms with E-state index in [0.29, 0.717) is 12.5 Å². The molecular formula is C18H20N6O. The lowest BCUT2D eigenvalue weighted by atomic mass is 10.2. The van der Waals surface area contributed by atoms with E-state index in [0.717, 1.165) is 48.7 Å². The Labute approximate surface area is 145 Å². The van der Waals surface area contributed by atoms with Crippen LogP contribution in [0.15, 0.2) is 58.4 Å². The Morgan fingerprint density at radius 1 is 1.08 bits per heavy atom. The Hall–Kier alpha value is -3.09. The third-order valence-electron chi connectivity index (χ3n) is 4.41. The van der Waals surface area contributed by atoms with Crippen LogP contribution in [0, 0.1) is 0 Å². The standard InChI is InChI=1S/C18H20N6O/c19-17(22-12-14-13-25-16-5-2-1-4-15(14)16)23-8-10-24(11-9-23)18-20-6-3-7-21-18/h1-7,13H,8-12H2,(H2,19,22). The van der Waals surface area contributed by atoms with Crippen LogP contribution in [0.4, 0.5) is 5.95 Å². The minimum atomic E-state index is 0.519. The summed E-state index contributed by atoms with van der Waals surface area (Å²) in [7, 11) is 0. The second-order valence-corrected chi connectivity index (χ2v) is 5.95. The summed E-state index contributed by atoms with van der Waals surface area (Å²) in [6.45, 7) is 3.79. The zero-order valence-corrected chi connectivity index (χ0v) is 13.9. The summed E-state index contributed by atoms with van der Waals surface area (Å²) in [5.74, 6) is 1.33. The predicted molar refractivity (Wildman–Crippen MR) is 97.4 cm³/mol. The van der Waals surface area contributed by atoms with Crippen LogP contribution in [-0.4, -0.2) is 47.0 Å². The van der Waals surface area contributed by atoms with Gasteiger partial charge in [0, 0.05) is 49.5 Å². The number of anilines is 1. The summed E-state index contributed by atoms with van der Waals surface area (Å²) in [5, 5.41) is 1.09. The highest BCUT2D eigenvalue weighted by Crippen LogP contribution is 2.21. The number of fused-ring (bicyclic) bond motifs is 1. The van der Waals surface area contributed by atoms with Crippen molar-refractivity contribution in [2.45, 2.75) is 6.54 Å². The number of rotatable bonds is 3. The van der Waals surface area contributed by atoms with Gasteiger partial charge in [-0.2, -0.15) is 0 Å². The summed E-state index contributed by atoms with van der Waals surface area (Å²) in [6.07, 6.45) is 5.28. The van der Waals surface area contributed by atoms with Gasteiger partial charge in [-0.1, -0.05) is 18.2 Å². The second kappa shape index (κ2) is 6.80. The van der Waals surface area contributed by atoms with Gasteiger partial charge in [0.05, 0.1) is 12.8 Å². The van der Waals surface area contributed by atoms with E-state index >= 15 is 0 Å². The molecule has 0 atom stereocenters. The summed E-state index contributed by atoms with van der Waals surface area (Å²) in [5.41, 5.74) is 8.12. The van der Waals surface area contributed by atoms with Crippen LogP contribution in [0.2, 0.25) is 0 Å². The van der Waals surface area contributed by atoms with Crippen LogP contribution < -0.4 is 10.6 Å². The maximum Gasteiger partial charge on any atom is 0.225 e. The fourth-order valence-corrected chi connectivity index (χ4v) is 3.01. The van der Waals surface area contributed by atoms with Crippen LogP contribution in [0.1, 0.15) is 5.56 Å². The van der Waals surface area contributed by atoms with Crippen molar-refractivity contribution in [3.8, 4) is 0 Å². The van der Waals surface area contributed by atoms with E-state index in [-0.39, 0.29) is 0 Å². The maximum absolute atomic E-state index is 6.19. The van der Waals surface area contributed by atoms with Crippen molar-refractivity contribution >= 4 is 22.9 Å². The number of nitrogens with zero attached hydrogens (tertiary/aromatic N) is 5.